The van der Waals surface area contributed by atoms with Crippen LogP contribution in [0.15, 0.2) is 24.8 Å². The second-order valence-corrected chi connectivity index (χ2v) is 5.71. The topological polar surface area (TPSA) is 9.23 Å². The van der Waals surface area contributed by atoms with E-state index in [0.29, 0.717) is 0 Å². The highest BCUT2D eigenvalue weighted by atomic mass is 16.5. The van der Waals surface area contributed by atoms with Crippen LogP contribution in [0.1, 0.15) is 52.7 Å². The Morgan fingerprint density at radius 1 is 1.06 bits per heavy atom. The van der Waals surface area contributed by atoms with Gasteiger partial charge >= 0.3 is 0 Å². The predicted molar refractivity (Wildman–Crippen MR) is 82.2 cm³/mol. The molecule has 1 nitrogen and oxygen atoms in total. The lowest BCUT2D eigenvalue weighted by atomic mass is 10.1. The molecule has 1 heteroatoms. The van der Waals surface area contributed by atoms with E-state index in [1.165, 1.54) is 5.56 Å². The fourth-order valence-corrected chi connectivity index (χ4v) is 1.33. The molecule has 1 rings (SSSR count). The molecule has 0 saturated heterocycles. The Kier molecular flexibility index (Phi) is 7.42. The first-order chi connectivity index (χ1) is 8.22. The molecule has 1 aromatic rings. The van der Waals surface area contributed by atoms with Crippen molar-refractivity contribution in [2.24, 2.45) is 5.92 Å². The van der Waals surface area contributed by atoms with Crippen molar-refractivity contribution in [3.63, 3.8) is 0 Å². The lowest BCUT2D eigenvalue weighted by molar-refractivity contribution is 0.242. The molecule has 0 aromatic heterocycles. The van der Waals surface area contributed by atoms with Gasteiger partial charge in [-0.15, -0.1) is 0 Å². The number of hydrogen-bond acceptors (Lipinski definition) is 1. The van der Waals surface area contributed by atoms with Crippen LogP contribution < -0.4 is 4.74 Å². The van der Waals surface area contributed by atoms with Crippen molar-refractivity contribution in [2.45, 2.75) is 54.6 Å². The lowest BCUT2D eigenvalue weighted by Crippen LogP contribution is -2.05. The molecular weight excluding hydrogens is 220 g/mol. The Morgan fingerprint density at radius 3 is 1.94 bits per heavy atom. The summed E-state index contributed by atoms with van der Waals surface area (Å²) in [5, 5.41) is 0. The minimum absolute atomic E-state index is 0.217. The van der Waals surface area contributed by atoms with Crippen molar-refractivity contribution in [3.05, 3.63) is 35.9 Å². The van der Waals surface area contributed by atoms with Crippen LogP contribution in [0.2, 0.25) is 0 Å². The summed E-state index contributed by atoms with van der Waals surface area (Å²) in [5.41, 5.74) is 3.43. The first-order valence-corrected chi connectivity index (χ1v) is 6.66. The van der Waals surface area contributed by atoms with E-state index >= 15 is 0 Å². The zero-order chi connectivity index (χ0) is 14.3. The Bertz CT molecular complexity index is 372. The SMILES string of the molecule is C=C(C)c1cc(C)cc(OC(C)C)c1.CC(C)C. The molecule has 0 radical (unpaired) electrons. The van der Waals surface area contributed by atoms with Gasteiger partial charge in [-0.3, -0.25) is 0 Å². The maximum absolute atomic E-state index is 5.64. The second-order valence-electron chi connectivity index (χ2n) is 5.71. The third-order valence-electron chi connectivity index (χ3n) is 1.92. The van der Waals surface area contributed by atoms with Gasteiger partial charge in [0.15, 0.2) is 0 Å². The van der Waals surface area contributed by atoms with Crippen LogP contribution in [-0.2, 0) is 0 Å². The molecule has 0 spiro atoms. The Labute approximate surface area is 113 Å². The monoisotopic (exact) mass is 248 g/mol. The fourth-order valence-electron chi connectivity index (χ4n) is 1.33. The minimum atomic E-state index is 0.217. The molecule has 0 aliphatic rings. The Morgan fingerprint density at radius 2 is 1.56 bits per heavy atom. The molecule has 0 saturated carbocycles. The quantitative estimate of drug-likeness (QED) is 0.688. The van der Waals surface area contributed by atoms with Gasteiger partial charge in [-0.05, 0) is 56.9 Å². The molecule has 0 aliphatic carbocycles. The molecular formula is C17H28O. The Balaban J connectivity index is 0.000000631. The van der Waals surface area contributed by atoms with Gasteiger partial charge in [0, 0.05) is 0 Å². The molecule has 0 N–H and O–H groups in total. The van der Waals surface area contributed by atoms with Gasteiger partial charge in [-0.25, -0.2) is 0 Å². The molecule has 0 unspecified atom stereocenters. The van der Waals surface area contributed by atoms with E-state index in [1.54, 1.807) is 0 Å². The van der Waals surface area contributed by atoms with E-state index in [2.05, 4.69) is 40.3 Å². The third-order valence-corrected chi connectivity index (χ3v) is 1.92. The number of allylic oxidation sites excluding steroid dienone is 1. The first kappa shape index (κ1) is 16.8. The average molecular weight is 248 g/mol. The van der Waals surface area contributed by atoms with Crippen LogP contribution in [0, 0.1) is 12.8 Å². The molecule has 18 heavy (non-hydrogen) atoms. The molecule has 0 fully saturated rings. The Hall–Kier alpha value is -1.24. The predicted octanol–water partition coefficient (Wildman–Crippen LogP) is 5.48. The van der Waals surface area contributed by atoms with Gasteiger partial charge in [-0.1, -0.05) is 39.0 Å². The average Bonchev–Trinajstić information content (AvgIpc) is 2.14. The zero-order valence-electron chi connectivity index (χ0n) is 13.0. The standard InChI is InChI=1S/C13H18O.C4H10/c1-9(2)12-6-11(5)7-13(8-12)14-10(3)4;1-4(2)3/h6-8,10H,1H2,2-5H3;4H,1-3H3. The third kappa shape index (κ3) is 7.94. The van der Waals surface area contributed by atoms with Crippen molar-refractivity contribution in [1.82, 2.24) is 0 Å². The summed E-state index contributed by atoms with van der Waals surface area (Å²) in [4.78, 5) is 0. The maximum Gasteiger partial charge on any atom is 0.120 e. The van der Waals surface area contributed by atoms with Crippen LogP contribution in [0.5, 0.6) is 5.75 Å². The van der Waals surface area contributed by atoms with Crippen molar-refractivity contribution in [2.75, 3.05) is 0 Å². The smallest absolute Gasteiger partial charge is 0.120 e. The van der Waals surface area contributed by atoms with E-state index in [0.717, 1.165) is 22.8 Å². The summed E-state index contributed by atoms with van der Waals surface area (Å²) in [6.07, 6.45) is 0.217. The maximum atomic E-state index is 5.64. The van der Waals surface area contributed by atoms with Crippen molar-refractivity contribution >= 4 is 5.57 Å². The number of ether oxygens (including phenoxy) is 1. The van der Waals surface area contributed by atoms with Gasteiger partial charge < -0.3 is 4.74 Å². The highest BCUT2D eigenvalue weighted by molar-refractivity contribution is 5.63. The largest absolute Gasteiger partial charge is 0.491 e. The molecule has 0 atom stereocenters. The van der Waals surface area contributed by atoms with E-state index in [9.17, 15) is 0 Å². The van der Waals surface area contributed by atoms with Crippen molar-refractivity contribution in [1.29, 1.82) is 0 Å². The van der Waals surface area contributed by atoms with Crippen LogP contribution in [-0.4, -0.2) is 6.10 Å². The summed E-state index contributed by atoms with van der Waals surface area (Å²) in [7, 11) is 0. The van der Waals surface area contributed by atoms with Crippen LogP contribution >= 0.6 is 0 Å². The molecule has 0 bridgehead atoms. The van der Waals surface area contributed by atoms with E-state index in [-0.39, 0.29) is 6.10 Å². The zero-order valence-corrected chi connectivity index (χ0v) is 13.0. The van der Waals surface area contributed by atoms with Crippen LogP contribution in [0.25, 0.3) is 5.57 Å². The molecule has 0 aliphatic heterocycles. The van der Waals surface area contributed by atoms with E-state index in [4.69, 9.17) is 4.74 Å². The number of rotatable bonds is 3. The summed E-state index contributed by atoms with van der Waals surface area (Å²) >= 11 is 0. The van der Waals surface area contributed by atoms with E-state index in [1.807, 2.05) is 32.9 Å². The molecule has 0 amide bonds. The van der Waals surface area contributed by atoms with Gasteiger partial charge in [0.1, 0.15) is 5.75 Å². The van der Waals surface area contributed by atoms with Crippen molar-refractivity contribution in [3.8, 4) is 5.75 Å². The van der Waals surface area contributed by atoms with Crippen LogP contribution in [0.3, 0.4) is 0 Å². The number of aryl methyl sites for hydroxylation is 1. The lowest BCUT2D eigenvalue weighted by Gasteiger charge is -2.12. The summed E-state index contributed by atoms with van der Waals surface area (Å²) < 4.78 is 5.64. The molecule has 0 heterocycles. The van der Waals surface area contributed by atoms with Crippen molar-refractivity contribution < 1.29 is 4.74 Å². The summed E-state index contributed by atoms with van der Waals surface area (Å²) in [5.74, 6) is 1.76. The normalized spacial score (nSPS) is 10.1. The minimum Gasteiger partial charge on any atom is -0.491 e. The summed E-state index contributed by atoms with van der Waals surface area (Å²) in [6.45, 7) is 18.6. The van der Waals surface area contributed by atoms with Gasteiger partial charge in [0.2, 0.25) is 0 Å². The van der Waals surface area contributed by atoms with Crippen LogP contribution in [0.4, 0.5) is 0 Å². The second kappa shape index (κ2) is 7.97. The van der Waals surface area contributed by atoms with E-state index < -0.39 is 0 Å². The highest BCUT2D eigenvalue weighted by Gasteiger charge is 2.01. The highest BCUT2D eigenvalue weighted by Crippen LogP contribution is 2.22. The molecule has 102 valence electrons. The van der Waals surface area contributed by atoms with Gasteiger partial charge in [-0.2, -0.15) is 0 Å². The van der Waals surface area contributed by atoms with Gasteiger partial charge in [0.05, 0.1) is 6.10 Å². The summed E-state index contributed by atoms with van der Waals surface area (Å²) in [6, 6.07) is 6.21. The number of benzene rings is 1. The first-order valence-electron chi connectivity index (χ1n) is 6.66. The number of hydrogen-bond donors (Lipinski definition) is 0. The fraction of sp³-hybridized carbons (Fsp3) is 0.529. The van der Waals surface area contributed by atoms with Gasteiger partial charge in [0.25, 0.3) is 0 Å². The molecule has 1 aromatic carbocycles.